The van der Waals surface area contributed by atoms with E-state index in [1.807, 2.05) is 17.8 Å². The van der Waals surface area contributed by atoms with Gasteiger partial charge in [0.1, 0.15) is 11.9 Å². The molecule has 0 radical (unpaired) electrons. The molecule has 2 N–H and O–H groups in total. The van der Waals surface area contributed by atoms with Crippen LogP contribution < -0.4 is 5.73 Å². The zero-order chi connectivity index (χ0) is 10.1. The van der Waals surface area contributed by atoms with Crippen molar-refractivity contribution < 1.29 is 0 Å². The third-order valence-corrected chi connectivity index (χ3v) is 1.94. The molecule has 0 fully saturated rings. The van der Waals surface area contributed by atoms with Crippen molar-refractivity contribution in [1.82, 2.24) is 29.8 Å². The summed E-state index contributed by atoms with van der Waals surface area (Å²) in [5.74, 6) is 1.19. The SMILES string of the molecule is Cn1nnc(C(N)c2nccn2C)n1. The molecule has 14 heavy (non-hydrogen) atoms. The number of rotatable bonds is 2. The van der Waals surface area contributed by atoms with Crippen molar-refractivity contribution in [3.8, 4) is 0 Å². The van der Waals surface area contributed by atoms with Crippen LogP contribution in [0.4, 0.5) is 0 Å². The molecule has 74 valence electrons. The predicted molar refractivity (Wildman–Crippen MR) is 48.0 cm³/mol. The van der Waals surface area contributed by atoms with Crippen LogP contribution in [0.2, 0.25) is 0 Å². The molecule has 0 aliphatic carbocycles. The average Bonchev–Trinajstić information content (AvgIpc) is 2.73. The lowest BCUT2D eigenvalue weighted by Crippen LogP contribution is -2.18. The van der Waals surface area contributed by atoms with E-state index in [0.29, 0.717) is 5.82 Å². The second-order valence-electron chi connectivity index (χ2n) is 3.01. The van der Waals surface area contributed by atoms with Crippen molar-refractivity contribution in [2.45, 2.75) is 6.04 Å². The van der Waals surface area contributed by atoms with E-state index >= 15 is 0 Å². The summed E-state index contributed by atoms with van der Waals surface area (Å²) in [4.78, 5) is 5.50. The normalized spacial score (nSPS) is 13.1. The van der Waals surface area contributed by atoms with Crippen LogP contribution >= 0.6 is 0 Å². The number of aryl methyl sites for hydroxylation is 2. The van der Waals surface area contributed by atoms with Crippen LogP contribution in [0.1, 0.15) is 17.7 Å². The van der Waals surface area contributed by atoms with Gasteiger partial charge in [0.15, 0.2) is 5.82 Å². The van der Waals surface area contributed by atoms with Gasteiger partial charge in [0.2, 0.25) is 0 Å². The highest BCUT2D eigenvalue weighted by Crippen LogP contribution is 2.11. The van der Waals surface area contributed by atoms with E-state index in [9.17, 15) is 0 Å². The molecule has 0 aliphatic heterocycles. The number of aromatic nitrogens is 6. The Morgan fingerprint density at radius 2 is 2.21 bits per heavy atom. The minimum atomic E-state index is -0.427. The minimum absolute atomic E-state index is 0.427. The minimum Gasteiger partial charge on any atom is -0.336 e. The quantitative estimate of drug-likeness (QED) is 0.660. The van der Waals surface area contributed by atoms with E-state index in [1.165, 1.54) is 4.80 Å². The van der Waals surface area contributed by atoms with Gasteiger partial charge in [0.05, 0.1) is 7.05 Å². The Balaban J connectivity index is 2.33. The van der Waals surface area contributed by atoms with Gasteiger partial charge in [0, 0.05) is 19.4 Å². The highest BCUT2D eigenvalue weighted by molar-refractivity contribution is 5.07. The van der Waals surface area contributed by atoms with E-state index in [-0.39, 0.29) is 0 Å². The van der Waals surface area contributed by atoms with E-state index in [1.54, 1.807) is 13.2 Å². The van der Waals surface area contributed by atoms with Gasteiger partial charge in [-0.15, -0.1) is 10.2 Å². The van der Waals surface area contributed by atoms with Crippen molar-refractivity contribution in [2.75, 3.05) is 0 Å². The summed E-state index contributed by atoms with van der Waals surface area (Å²) in [5.41, 5.74) is 5.91. The van der Waals surface area contributed by atoms with Crippen molar-refractivity contribution in [2.24, 2.45) is 19.8 Å². The molecule has 1 atom stereocenters. The average molecular weight is 193 g/mol. The van der Waals surface area contributed by atoms with Crippen molar-refractivity contribution in [3.63, 3.8) is 0 Å². The van der Waals surface area contributed by atoms with Gasteiger partial charge in [-0.05, 0) is 5.21 Å². The Bertz CT molecular complexity index is 429. The van der Waals surface area contributed by atoms with Gasteiger partial charge >= 0.3 is 0 Å². The lowest BCUT2D eigenvalue weighted by molar-refractivity contribution is 0.620. The highest BCUT2D eigenvalue weighted by atomic mass is 15.6. The van der Waals surface area contributed by atoms with Crippen molar-refractivity contribution in [3.05, 3.63) is 24.0 Å². The maximum atomic E-state index is 5.91. The molecule has 0 bridgehead atoms. The van der Waals surface area contributed by atoms with E-state index in [0.717, 1.165) is 5.82 Å². The first kappa shape index (κ1) is 8.82. The zero-order valence-corrected chi connectivity index (χ0v) is 7.99. The van der Waals surface area contributed by atoms with Gasteiger partial charge in [-0.2, -0.15) is 4.80 Å². The molecule has 7 nitrogen and oxygen atoms in total. The number of imidazole rings is 1. The van der Waals surface area contributed by atoms with Gasteiger partial charge in [0.25, 0.3) is 0 Å². The highest BCUT2D eigenvalue weighted by Gasteiger charge is 2.17. The largest absolute Gasteiger partial charge is 0.336 e. The molecular weight excluding hydrogens is 182 g/mol. The predicted octanol–water partition coefficient (Wildman–Crippen LogP) is -1.01. The second kappa shape index (κ2) is 3.18. The van der Waals surface area contributed by atoms with Gasteiger partial charge in [-0.25, -0.2) is 4.98 Å². The second-order valence-corrected chi connectivity index (χ2v) is 3.01. The Morgan fingerprint density at radius 3 is 2.71 bits per heavy atom. The molecule has 2 rings (SSSR count). The van der Waals surface area contributed by atoms with Crippen LogP contribution in [-0.2, 0) is 14.1 Å². The maximum Gasteiger partial charge on any atom is 0.199 e. The summed E-state index contributed by atoms with van der Waals surface area (Å²) in [5, 5.41) is 11.6. The van der Waals surface area contributed by atoms with E-state index in [2.05, 4.69) is 20.4 Å². The van der Waals surface area contributed by atoms with Crippen LogP contribution in [0, 0.1) is 0 Å². The zero-order valence-electron chi connectivity index (χ0n) is 7.99. The molecular formula is C7H11N7. The topological polar surface area (TPSA) is 87.4 Å². The lowest BCUT2D eigenvalue weighted by Gasteiger charge is -2.05. The van der Waals surface area contributed by atoms with E-state index < -0.39 is 6.04 Å². The maximum absolute atomic E-state index is 5.91. The Morgan fingerprint density at radius 1 is 1.43 bits per heavy atom. The number of hydrogen-bond donors (Lipinski definition) is 1. The summed E-state index contributed by atoms with van der Waals surface area (Å²) in [6.45, 7) is 0. The smallest absolute Gasteiger partial charge is 0.199 e. The molecule has 0 aliphatic rings. The first-order valence-electron chi connectivity index (χ1n) is 4.15. The molecule has 0 aromatic carbocycles. The summed E-state index contributed by atoms with van der Waals surface area (Å²) in [7, 11) is 3.57. The van der Waals surface area contributed by atoms with Crippen molar-refractivity contribution in [1.29, 1.82) is 0 Å². The van der Waals surface area contributed by atoms with Crippen molar-refractivity contribution >= 4 is 0 Å². The van der Waals surface area contributed by atoms with Gasteiger partial charge in [-0.3, -0.25) is 0 Å². The standard InChI is InChI=1S/C7H11N7/c1-13-4-3-9-7(13)5(8)6-10-12-14(2)11-6/h3-5H,8H2,1-2H3. The third kappa shape index (κ3) is 1.37. The number of nitrogens with two attached hydrogens (primary N) is 1. The molecule has 0 saturated carbocycles. The Kier molecular flexibility index (Phi) is 2.01. The fourth-order valence-electron chi connectivity index (χ4n) is 1.22. The Labute approximate surface area is 80.5 Å². The molecule has 0 spiro atoms. The van der Waals surface area contributed by atoms with Crippen LogP contribution in [-0.4, -0.2) is 29.8 Å². The monoisotopic (exact) mass is 193 g/mol. The molecule has 7 heteroatoms. The molecule has 2 aromatic rings. The summed E-state index contributed by atoms with van der Waals surface area (Å²) in [6.07, 6.45) is 3.51. The van der Waals surface area contributed by atoms with Gasteiger partial charge < -0.3 is 10.3 Å². The molecule has 2 heterocycles. The number of hydrogen-bond acceptors (Lipinski definition) is 5. The van der Waals surface area contributed by atoms with Crippen LogP contribution in [0.3, 0.4) is 0 Å². The van der Waals surface area contributed by atoms with Crippen LogP contribution in [0.5, 0.6) is 0 Å². The van der Waals surface area contributed by atoms with E-state index in [4.69, 9.17) is 5.73 Å². The van der Waals surface area contributed by atoms with Gasteiger partial charge in [-0.1, -0.05) is 0 Å². The Hall–Kier alpha value is -1.76. The van der Waals surface area contributed by atoms with Crippen LogP contribution in [0.25, 0.3) is 0 Å². The first-order chi connectivity index (χ1) is 6.68. The summed E-state index contributed by atoms with van der Waals surface area (Å²) in [6, 6.07) is -0.427. The lowest BCUT2D eigenvalue weighted by atomic mass is 10.3. The van der Waals surface area contributed by atoms with Crippen LogP contribution in [0.15, 0.2) is 12.4 Å². The molecule has 2 aromatic heterocycles. The molecule has 1 unspecified atom stereocenters. The summed E-state index contributed by atoms with van der Waals surface area (Å²) < 4.78 is 1.83. The summed E-state index contributed by atoms with van der Waals surface area (Å²) >= 11 is 0. The number of tetrazole rings is 1. The molecule has 0 saturated heterocycles. The molecule has 0 amide bonds. The fraction of sp³-hybridized carbons (Fsp3) is 0.429. The number of nitrogens with zero attached hydrogens (tertiary/aromatic N) is 6. The third-order valence-electron chi connectivity index (χ3n) is 1.94. The fourth-order valence-corrected chi connectivity index (χ4v) is 1.22. The first-order valence-corrected chi connectivity index (χ1v) is 4.15.